The highest BCUT2D eigenvalue weighted by atomic mass is 16.3. The molecule has 1 rings (SSSR count). The third-order valence-corrected chi connectivity index (χ3v) is 1.67. The molecular formula is C8H17NO2. The van der Waals surface area contributed by atoms with Gasteiger partial charge < -0.3 is 10.8 Å². The quantitative estimate of drug-likeness (QED) is 0.594. The molecule has 0 aromatic rings. The minimum absolute atomic E-state index is 0.0463. The van der Waals surface area contributed by atoms with Gasteiger partial charge in [0.1, 0.15) is 0 Å². The van der Waals surface area contributed by atoms with Gasteiger partial charge in [-0.05, 0) is 12.8 Å². The van der Waals surface area contributed by atoms with Gasteiger partial charge in [-0.3, -0.25) is 4.79 Å². The lowest BCUT2D eigenvalue weighted by Gasteiger charge is -1.91. The average molecular weight is 159 g/mol. The number of nitrogens with two attached hydrogens (primary N) is 1. The summed E-state index contributed by atoms with van der Waals surface area (Å²) in [5, 5.41) is 8.73. The lowest BCUT2D eigenvalue weighted by molar-refractivity contribution is -0.117. The Kier molecular flexibility index (Phi) is 5.84. The molecule has 1 fully saturated rings. The molecule has 66 valence electrons. The van der Waals surface area contributed by atoms with E-state index in [1.807, 2.05) is 0 Å². The Morgan fingerprint density at radius 3 is 2.00 bits per heavy atom. The number of carbonyl (C=O) groups excluding carboxylic acids is 1. The number of primary amides is 1. The smallest absolute Gasteiger partial charge is 0.217 e. The molecule has 0 bridgehead atoms. The molecule has 0 aromatic heterocycles. The second kappa shape index (κ2) is 6.16. The van der Waals surface area contributed by atoms with E-state index in [9.17, 15) is 4.79 Å². The molecule has 0 saturated heterocycles. The summed E-state index contributed by atoms with van der Waals surface area (Å²) in [6, 6.07) is 0. The zero-order valence-corrected chi connectivity index (χ0v) is 7.05. The van der Waals surface area contributed by atoms with Gasteiger partial charge in [-0.2, -0.15) is 0 Å². The average Bonchev–Trinajstić information content (AvgIpc) is 2.41. The zero-order valence-electron chi connectivity index (χ0n) is 7.05. The monoisotopic (exact) mass is 159 g/mol. The second-order valence-corrected chi connectivity index (χ2v) is 2.76. The van der Waals surface area contributed by atoms with E-state index in [-0.39, 0.29) is 12.0 Å². The van der Waals surface area contributed by atoms with Gasteiger partial charge in [0.2, 0.25) is 5.91 Å². The van der Waals surface area contributed by atoms with E-state index in [2.05, 4.69) is 5.73 Å². The number of aliphatic hydroxyl groups is 1. The Morgan fingerprint density at radius 1 is 1.55 bits per heavy atom. The van der Waals surface area contributed by atoms with Crippen molar-refractivity contribution < 1.29 is 9.90 Å². The van der Waals surface area contributed by atoms with Gasteiger partial charge in [-0.25, -0.2) is 0 Å². The van der Waals surface area contributed by atoms with Crippen LogP contribution in [0.25, 0.3) is 0 Å². The number of amides is 1. The first-order valence-corrected chi connectivity index (χ1v) is 4.13. The van der Waals surface area contributed by atoms with Gasteiger partial charge in [0.25, 0.3) is 0 Å². The van der Waals surface area contributed by atoms with Crippen LogP contribution in [0.5, 0.6) is 0 Å². The van der Waals surface area contributed by atoms with E-state index >= 15 is 0 Å². The summed E-state index contributed by atoms with van der Waals surface area (Å²) >= 11 is 0. The molecule has 1 saturated carbocycles. The Morgan fingerprint density at radius 2 is 1.91 bits per heavy atom. The lowest BCUT2D eigenvalue weighted by atomic mass is 10.3. The van der Waals surface area contributed by atoms with E-state index in [0.29, 0.717) is 6.42 Å². The molecule has 3 heteroatoms. The van der Waals surface area contributed by atoms with Crippen LogP contribution < -0.4 is 5.73 Å². The van der Waals surface area contributed by atoms with E-state index < -0.39 is 0 Å². The van der Waals surface area contributed by atoms with E-state index in [0.717, 1.165) is 12.8 Å². The molecule has 0 aromatic carbocycles. The van der Waals surface area contributed by atoms with Crippen LogP contribution >= 0.6 is 0 Å². The number of hydrogen-bond donors (Lipinski definition) is 2. The van der Waals surface area contributed by atoms with E-state index in [4.69, 9.17) is 5.11 Å². The molecule has 0 atom stereocenters. The second-order valence-electron chi connectivity index (χ2n) is 2.76. The standard InChI is InChI=1S/C5H10O.C3H7NO/c6-5-3-1-2-4-5;1-2-3(4)5/h5-6H,1-4H2;2H2,1H3,(H2,4,5). The van der Waals surface area contributed by atoms with Crippen LogP contribution in [0.1, 0.15) is 39.0 Å². The maximum absolute atomic E-state index is 9.59. The minimum Gasteiger partial charge on any atom is -0.393 e. The third-order valence-electron chi connectivity index (χ3n) is 1.67. The van der Waals surface area contributed by atoms with E-state index in [1.54, 1.807) is 6.92 Å². The number of carbonyl (C=O) groups is 1. The first-order chi connectivity index (χ1) is 5.16. The summed E-state index contributed by atoms with van der Waals surface area (Å²) in [4.78, 5) is 9.59. The Balaban J connectivity index is 0.000000187. The predicted molar refractivity (Wildman–Crippen MR) is 44.0 cm³/mol. The van der Waals surface area contributed by atoms with Gasteiger partial charge in [-0.15, -0.1) is 0 Å². The van der Waals surface area contributed by atoms with Crippen LogP contribution in [0.3, 0.4) is 0 Å². The predicted octanol–water partition coefficient (Wildman–Crippen LogP) is 0.803. The zero-order chi connectivity index (χ0) is 8.69. The highest BCUT2D eigenvalue weighted by Gasteiger charge is 2.09. The summed E-state index contributed by atoms with van der Waals surface area (Å²) in [5.41, 5.74) is 4.65. The fourth-order valence-corrected chi connectivity index (χ4v) is 0.904. The molecule has 0 heterocycles. The van der Waals surface area contributed by atoms with Gasteiger partial charge in [-0.1, -0.05) is 19.8 Å². The van der Waals surface area contributed by atoms with Crippen molar-refractivity contribution >= 4 is 5.91 Å². The fourth-order valence-electron chi connectivity index (χ4n) is 0.904. The molecule has 1 aliphatic carbocycles. The summed E-state index contributed by atoms with van der Waals surface area (Å²) in [6.07, 6.45) is 5.05. The molecule has 11 heavy (non-hydrogen) atoms. The van der Waals surface area contributed by atoms with Crippen molar-refractivity contribution in [1.82, 2.24) is 0 Å². The van der Waals surface area contributed by atoms with Crippen molar-refractivity contribution in [2.24, 2.45) is 5.73 Å². The van der Waals surface area contributed by atoms with Gasteiger partial charge in [0.15, 0.2) is 0 Å². The normalized spacial score (nSPS) is 17.3. The van der Waals surface area contributed by atoms with Crippen LogP contribution in [0.4, 0.5) is 0 Å². The van der Waals surface area contributed by atoms with Gasteiger partial charge in [0, 0.05) is 6.42 Å². The largest absolute Gasteiger partial charge is 0.393 e. The van der Waals surface area contributed by atoms with Crippen molar-refractivity contribution in [1.29, 1.82) is 0 Å². The van der Waals surface area contributed by atoms with Crippen molar-refractivity contribution in [2.45, 2.75) is 45.1 Å². The van der Waals surface area contributed by atoms with Crippen molar-refractivity contribution in [2.75, 3.05) is 0 Å². The van der Waals surface area contributed by atoms with Gasteiger partial charge >= 0.3 is 0 Å². The topological polar surface area (TPSA) is 63.3 Å². The number of rotatable bonds is 1. The van der Waals surface area contributed by atoms with Crippen molar-refractivity contribution in [3.8, 4) is 0 Å². The first kappa shape index (κ1) is 10.4. The third kappa shape index (κ3) is 7.33. The fraction of sp³-hybridized carbons (Fsp3) is 0.875. The van der Waals surface area contributed by atoms with Crippen LogP contribution in [-0.2, 0) is 4.79 Å². The summed E-state index contributed by atoms with van der Waals surface area (Å²) < 4.78 is 0. The highest BCUT2D eigenvalue weighted by Crippen LogP contribution is 2.16. The molecule has 3 N–H and O–H groups in total. The first-order valence-electron chi connectivity index (χ1n) is 4.13. The molecule has 0 spiro atoms. The molecule has 3 nitrogen and oxygen atoms in total. The van der Waals surface area contributed by atoms with Crippen LogP contribution in [0.15, 0.2) is 0 Å². The molecule has 1 aliphatic rings. The van der Waals surface area contributed by atoms with Crippen LogP contribution in [-0.4, -0.2) is 17.1 Å². The van der Waals surface area contributed by atoms with Gasteiger partial charge in [0.05, 0.1) is 6.10 Å². The lowest BCUT2D eigenvalue weighted by Crippen LogP contribution is -2.06. The summed E-state index contributed by atoms with van der Waals surface area (Å²) in [7, 11) is 0. The van der Waals surface area contributed by atoms with Crippen molar-refractivity contribution in [3.05, 3.63) is 0 Å². The highest BCUT2D eigenvalue weighted by molar-refractivity contribution is 5.73. The summed E-state index contributed by atoms with van der Waals surface area (Å²) in [6.45, 7) is 1.72. The van der Waals surface area contributed by atoms with Crippen molar-refractivity contribution in [3.63, 3.8) is 0 Å². The molecule has 0 radical (unpaired) electrons. The van der Waals surface area contributed by atoms with E-state index in [1.165, 1.54) is 12.8 Å². The minimum atomic E-state index is -0.245. The number of aliphatic hydroxyl groups excluding tert-OH is 1. The van der Waals surface area contributed by atoms with Crippen LogP contribution in [0, 0.1) is 0 Å². The Labute approximate surface area is 67.6 Å². The molecular weight excluding hydrogens is 142 g/mol. The maximum atomic E-state index is 9.59. The molecule has 0 unspecified atom stereocenters. The SMILES string of the molecule is CCC(N)=O.OC1CCCC1. The summed E-state index contributed by atoms with van der Waals surface area (Å²) in [5.74, 6) is -0.245. The Bertz CT molecular complexity index is 109. The van der Waals surface area contributed by atoms with Crippen LogP contribution in [0.2, 0.25) is 0 Å². The Hall–Kier alpha value is -0.570. The molecule has 0 aliphatic heterocycles. The number of hydrogen-bond acceptors (Lipinski definition) is 2. The molecule has 1 amide bonds. The maximum Gasteiger partial charge on any atom is 0.217 e.